The lowest BCUT2D eigenvalue weighted by Crippen LogP contribution is -2.09. The molecule has 5 heteroatoms. The van der Waals surface area contributed by atoms with Gasteiger partial charge in [-0.25, -0.2) is 8.78 Å². The third-order valence-electron chi connectivity index (χ3n) is 6.00. The van der Waals surface area contributed by atoms with Crippen LogP contribution < -0.4 is 0 Å². The maximum Gasteiger partial charge on any atom is 0.419 e. The fraction of sp³-hybridized carbons (Fsp3) is 0.308. The van der Waals surface area contributed by atoms with E-state index in [1.807, 2.05) is 6.07 Å². The van der Waals surface area contributed by atoms with E-state index in [9.17, 15) is 17.6 Å². The van der Waals surface area contributed by atoms with E-state index >= 15 is 4.39 Å². The van der Waals surface area contributed by atoms with Crippen LogP contribution in [0.2, 0.25) is 0 Å². The van der Waals surface area contributed by atoms with Gasteiger partial charge in [0.1, 0.15) is 11.6 Å². The summed E-state index contributed by atoms with van der Waals surface area (Å²) in [7, 11) is 0. The molecular formula is C26H23F5. The molecule has 0 fully saturated rings. The molecule has 3 aromatic rings. The highest BCUT2D eigenvalue weighted by Crippen LogP contribution is 2.40. The normalized spacial score (nSPS) is 13.1. The molecule has 0 aromatic heterocycles. The summed E-state index contributed by atoms with van der Waals surface area (Å²) in [5.41, 5.74) is 3.66. The van der Waals surface area contributed by atoms with Gasteiger partial charge in [-0.15, -0.1) is 0 Å². The summed E-state index contributed by atoms with van der Waals surface area (Å²) in [5.74, 6) is -1.89. The van der Waals surface area contributed by atoms with Crippen molar-refractivity contribution in [2.24, 2.45) is 0 Å². The van der Waals surface area contributed by atoms with Crippen molar-refractivity contribution in [1.82, 2.24) is 0 Å². The van der Waals surface area contributed by atoms with Crippen LogP contribution in [0, 0.1) is 11.6 Å². The Balaban J connectivity index is 1.68. The van der Waals surface area contributed by atoms with E-state index in [1.54, 1.807) is 6.07 Å². The summed E-state index contributed by atoms with van der Waals surface area (Å²) in [4.78, 5) is 0. The fourth-order valence-electron chi connectivity index (χ4n) is 4.36. The van der Waals surface area contributed by atoms with E-state index in [4.69, 9.17) is 0 Å². The Bertz CT molecular complexity index is 1110. The first-order valence-corrected chi connectivity index (χ1v) is 10.6. The zero-order chi connectivity index (χ0) is 22.2. The van der Waals surface area contributed by atoms with Crippen LogP contribution in [0.5, 0.6) is 0 Å². The van der Waals surface area contributed by atoms with Crippen molar-refractivity contribution in [2.75, 3.05) is 0 Å². The van der Waals surface area contributed by atoms with Crippen LogP contribution in [0.4, 0.5) is 22.0 Å². The zero-order valence-electron chi connectivity index (χ0n) is 17.3. The van der Waals surface area contributed by atoms with E-state index < -0.39 is 23.4 Å². The lowest BCUT2D eigenvalue weighted by Gasteiger charge is -2.22. The number of unbranched alkanes of at least 4 members (excludes halogenated alkanes) is 2. The summed E-state index contributed by atoms with van der Waals surface area (Å²) in [5, 5.41) is 0. The second kappa shape index (κ2) is 8.45. The van der Waals surface area contributed by atoms with Gasteiger partial charge >= 0.3 is 6.18 Å². The molecule has 162 valence electrons. The minimum atomic E-state index is -4.78. The summed E-state index contributed by atoms with van der Waals surface area (Å²) < 4.78 is 67.8. The zero-order valence-corrected chi connectivity index (χ0v) is 17.3. The lowest BCUT2D eigenvalue weighted by molar-refractivity contribution is -0.139. The van der Waals surface area contributed by atoms with Gasteiger partial charge in [0.05, 0.1) is 5.56 Å². The van der Waals surface area contributed by atoms with Crippen molar-refractivity contribution < 1.29 is 22.0 Å². The maximum absolute atomic E-state index is 15.3. The molecule has 0 bridgehead atoms. The van der Waals surface area contributed by atoms with Crippen LogP contribution in [0.3, 0.4) is 0 Å². The van der Waals surface area contributed by atoms with Gasteiger partial charge in [0.15, 0.2) is 0 Å². The lowest BCUT2D eigenvalue weighted by atomic mass is 9.82. The van der Waals surface area contributed by atoms with Gasteiger partial charge in [-0.2, -0.15) is 13.2 Å². The Morgan fingerprint density at radius 3 is 2.26 bits per heavy atom. The number of halogens is 5. The van der Waals surface area contributed by atoms with Gasteiger partial charge in [-0.1, -0.05) is 56.2 Å². The first kappa shape index (κ1) is 21.5. The number of aryl methyl sites for hydroxylation is 2. The molecule has 0 nitrogen and oxygen atoms in total. The molecule has 4 rings (SSSR count). The van der Waals surface area contributed by atoms with Gasteiger partial charge in [0.2, 0.25) is 0 Å². The van der Waals surface area contributed by atoms with E-state index in [1.165, 1.54) is 30.0 Å². The fourth-order valence-corrected chi connectivity index (χ4v) is 4.36. The Hall–Kier alpha value is -2.69. The standard InChI is InChI=1S/C26H23F5/c1-2-3-4-5-16-6-9-19-17(14-16)7-10-22-21(19)12-11-20(25(22)28)18-8-13-23(24(27)15-18)26(29,30)31/h6,8-9,11-15H,2-5,7,10H2,1H3. The van der Waals surface area contributed by atoms with Crippen molar-refractivity contribution in [3.8, 4) is 22.3 Å². The highest BCUT2D eigenvalue weighted by Gasteiger charge is 2.34. The molecule has 0 saturated heterocycles. The molecule has 0 radical (unpaired) electrons. The molecule has 0 spiro atoms. The van der Waals surface area contributed by atoms with Crippen molar-refractivity contribution in [3.63, 3.8) is 0 Å². The van der Waals surface area contributed by atoms with Gasteiger partial charge < -0.3 is 0 Å². The average molecular weight is 430 g/mol. The predicted octanol–water partition coefficient (Wildman–Crippen LogP) is 8.15. The molecular weight excluding hydrogens is 407 g/mol. The number of fused-ring (bicyclic) bond motifs is 3. The Kier molecular flexibility index (Phi) is 5.87. The van der Waals surface area contributed by atoms with Crippen molar-refractivity contribution in [3.05, 3.63) is 82.4 Å². The van der Waals surface area contributed by atoms with Crippen LogP contribution in [0.1, 0.15) is 48.4 Å². The molecule has 0 amide bonds. The van der Waals surface area contributed by atoms with Crippen molar-refractivity contribution in [1.29, 1.82) is 0 Å². The molecule has 1 aliphatic carbocycles. The quantitative estimate of drug-likeness (QED) is 0.283. The number of benzene rings is 3. The van der Waals surface area contributed by atoms with Gasteiger partial charge in [-0.05, 0) is 71.2 Å². The summed E-state index contributed by atoms with van der Waals surface area (Å²) in [6.07, 6.45) is 0.959. The first-order valence-electron chi connectivity index (χ1n) is 10.6. The van der Waals surface area contributed by atoms with E-state index in [-0.39, 0.29) is 11.1 Å². The van der Waals surface area contributed by atoms with Gasteiger partial charge in [0, 0.05) is 5.56 Å². The molecule has 0 saturated carbocycles. The molecule has 1 aliphatic rings. The third kappa shape index (κ3) is 4.23. The summed E-state index contributed by atoms with van der Waals surface area (Å²) in [6, 6.07) is 12.2. The Morgan fingerprint density at radius 1 is 0.806 bits per heavy atom. The Labute approximate surface area is 178 Å². The van der Waals surface area contributed by atoms with Crippen LogP contribution in [-0.4, -0.2) is 0 Å². The maximum atomic E-state index is 15.3. The van der Waals surface area contributed by atoms with E-state index in [0.717, 1.165) is 36.1 Å². The van der Waals surface area contributed by atoms with Crippen LogP contribution >= 0.6 is 0 Å². The Morgan fingerprint density at radius 2 is 1.55 bits per heavy atom. The number of alkyl halides is 3. The number of rotatable bonds is 5. The van der Waals surface area contributed by atoms with Crippen molar-refractivity contribution >= 4 is 0 Å². The predicted molar refractivity (Wildman–Crippen MR) is 113 cm³/mol. The molecule has 0 unspecified atom stereocenters. The van der Waals surface area contributed by atoms with Gasteiger partial charge in [-0.3, -0.25) is 0 Å². The summed E-state index contributed by atoms with van der Waals surface area (Å²) >= 11 is 0. The highest BCUT2D eigenvalue weighted by molar-refractivity contribution is 5.78. The monoisotopic (exact) mass is 430 g/mol. The highest BCUT2D eigenvalue weighted by atomic mass is 19.4. The second-order valence-corrected chi connectivity index (χ2v) is 8.09. The average Bonchev–Trinajstić information content (AvgIpc) is 2.73. The molecule has 0 heterocycles. The van der Waals surface area contributed by atoms with Crippen LogP contribution in [0.25, 0.3) is 22.3 Å². The number of hydrogen-bond donors (Lipinski definition) is 0. The minimum absolute atomic E-state index is 0.0999. The molecule has 31 heavy (non-hydrogen) atoms. The van der Waals surface area contributed by atoms with E-state index in [2.05, 4.69) is 19.1 Å². The van der Waals surface area contributed by atoms with Crippen LogP contribution in [-0.2, 0) is 25.4 Å². The second-order valence-electron chi connectivity index (χ2n) is 8.09. The molecule has 0 atom stereocenters. The third-order valence-corrected chi connectivity index (χ3v) is 6.00. The van der Waals surface area contributed by atoms with Gasteiger partial charge in [0.25, 0.3) is 0 Å². The first-order chi connectivity index (χ1) is 14.8. The molecule has 0 aliphatic heterocycles. The molecule has 3 aromatic carbocycles. The van der Waals surface area contributed by atoms with E-state index in [0.29, 0.717) is 24.5 Å². The SMILES string of the molecule is CCCCCc1ccc2c(c1)CCc1c-2ccc(-c2ccc(C(F)(F)F)c(F)c2)c1F. The van der Waals surface area contributed by atoms with Crippen molar-refractivity contribution in [2.45, 2.75) is 51.6 Å². The largest absolute Gasteiger partial charge is 0.419 e. The number of hydrogen-bond acceptors (Lipinski definition) is 0. The summed E-state index contributed by atoms with van der Waals surface area (Å²) in [6.45, 7) is 2.17. The topological polar surface area (TPSA) is 0 Å². The molecule has 0 N–H and O–H groups in total. The van der Waals surface area contributed by atoms with Crippen LogP contribution in [0.15, 0.2) is 48.5 Å². The smallest absolute Gasteiger partial charge is 0.206 e. The minimum Gasteiger partial charge on any atom is -0.206 e.